The largest absolute Gasteiger partial charge is 0.261 e. The third-order valence-electron chi connectivity index (χ3n) is 4.58. The Labute approximate surface area is 129 Å². The van der Waals surface area contributed by atoms with Crippen molar-refractivity contribution in [3.8, 4) is 0 Å². The average molecular weight is 281 g/mol. The molecule has 0 saturated carbocycles. The Morgan fingerprint density at radius 3 is 2.71 bits per heavy atom. The lowest BCUT2D eigenvalue weighted by Crippen LogP contribution is -2.13. The van der Waals surface area contributed by atoms with E-state index >= 15 is 0 Å². The van der Waals surface area contributed by atoms with E-state index in [0.717, 1.165) is 18.5 Å². The van der Waals surface area contributed by atoms with Gasteiger partial charge in [0.15, 0.2) is 0 Å². The van der Waals surface area contributed by atoms with E-state index in [0.29, 0.717) is 5.41 Å². The number of aliphatic imine (C=N–C) groups is 1. The molecule has 0 amide bonds. The Balaban J connectivity index is 1.99. The van der Waals surface area contributed by atoms with E-state index in [1.165, 1.54) is 29.5 Å². The lowest BCUT2D eigenvalue weighted by molar-refractivity contribution is 0.411. The van der Waals surface area contributed by atoms with E-state index in [9.17, 15) is 0 Å². The van der Waals surface area contributed by atoms with Gasteiger partial charge >= 0.3 is 0 Å². The second-order valence-electron chi connectivity index (χ2n) is 6.33. The Morgan fingerprint density at radius 1 is 1.29 bits per heavy atom. The molecule has 0 N–H and O–H groups in total. The van der Waals surface area contributed by atoms with Gasteiger partial charge in [-0.3, -0.25) is 4.99 Å². The maximum atomic E-state index is 4.44. The van der Waals surface area contributed by atoms with Crippen LogP contribution in [-0.4, -0.2) is 6.21 Å². The number of allylic oxidation sites excluding steroid dienone is 4. The molecular formula is C20H27N. The van der Waals surface area contributed by atoms with Gasteiger partial charge in [-0.15, -0.1) is 0 Å². The van der Waals surface area contributed by atoms with Crippen molar-refractivity contribution < 1.29 is 0 Å². The van der Waals surface area contributed by atoms with Crippen molar-refractivity contribution in [1.82, 2.24) is 0 Å². The zero-order chi connectivity index (χ0) is 15.3. The number of hydrogen-bond donors (Lipinski definition) is 0. The second-order valence-corrected chi connectivity index (χ2v) is 6.33. The van der Waals surface area contributed by atoms with Gasteiger partial charge in [0, 0.05) is 6.21 Å². The van der Waals surface area contributed by atoms with Crippen LogP contribution >= 0.6 is 0 Å². The minimum atomic E-state index is 0.371. The first kappa shape index (κ1) is 15.8. The minimum Gasteiger partial charge on any atom is -0.261 e. The maximum absolute atomic E-state index is 4.44. The Kier molecular flexibility index (Phi) is 5.17. The molecule has 0 spiro atoms. The van der Waals surface area contributed by atoms with Gasteiger partial charge in [-0.25, -0.2) is 0 Å². The fourth-order valence-electron chi connectivity index (χ4n) is 2.63. The zero-order valence-corrected chi connectivity index (χ0v) is 13.8. The molecule has 0 heterocycles. The molecule has 1 aliphatic carbocycles. The van der Waals surface area contributed by atoms with Crippen molar-refractivity contribution in [3.05, 3.63) is 53.1 Å². The van der Waals surface area contributed by atoms with E-state index in [4.69, 9.17) is 0 Å². The van der Waals surface area contributed by atoms with Crippen molar-refractivity contribution >= 4 is 11.9 Å². The highest BCUT2D eigenvalue weighted by atomic mass is 14.7. The lowest BCUT2D eigenvalue weighted by atomic mass is 9.79. The minimum absolute atomic E-state index is 0.371. The molecule has 0 radical (unpaired) electrons. The van der Waals surface area contributed by atoms with E-state index in [-0.39, 0.29) is 0 Å². The Morgan fingerprint density at radius 2 is 2.10 bits per heavy atom. The smallest absolute Gasteiger partial charge is 0.0657 e. The summed E-state index contributed by atoms with van der Waals surface area (Å²) < 4.78 is 0. The van der Waals surface area contributed by atoms with E-state index in [2.05, 4.69) is 62.2 Å². The van der Waals surface area contributed by atoms with Crippen LogP contribution in [0.25, 0.3) is 0 Å². The van der Waals surface area contributed by atoms with Gasteiger partial charge in [0.1, 0.15) is 0 Å². The van der Waals surface area contributed by atoms with Gasteiger partial charge in [-0.2, -0.15) is 0 Å². The molecule has 0 bridgehead atoms. The summed E-state index contributed by atoms with van der Waals surface area (Å²) in [5, 5.41) is 0. The average Bonchev–Trinajstić information content (AvgIpc) is 2.50. The molecule has 1 aliphatic rings. The van der Waals surface area contributed by atoms with Crippen LogP contribution in [0.15, 0.2) is 47.0 Å². The number of rotatable bonds is 5. The van der Waals surface area contributed by atoms with Gasteiger partial charge in [-0.05, 0) is 62.1 Å². The predicted molar refractivity (Wildman–Crippen MR) is 93.6 cm³/mol. The standard InChI is InChI=1S/C20H27N/c1-5-20(4)13-11-17(12-14-20)9-10-18-8-7-16(3)19(15-18)21-6-2/h6-8,11-13,15H,5,9-10,14H2,1-4H3. The fourth-order valence-corrected chi connectivity index (χ4v) is 2.63. The van der Waals surface area contributed by atoms with Crippen LogP contribution in [0.2, 0.25) is 0 Å². The van der Waals surface area contributed by atoms with Crippen molar-refractivity contribution in [3.63, 3.8) is 0 Å². The number of aryl methyl sites for hydroxylation is 2. The summed E-state index contributed by atoms with van der Waals surface area (Å²) in [6, 6.07) is 6.63. The molecule has 1 nitrogen and oxygen atoms in total. The summed E-state index contributed by atoms with van der Waals surface area (Å²) in [6.07, 6.45) is 13.6. The van der Waals surface area contributed by atoms with Crippen LogP contribution in [0.1, 0.15) is 51.2 Å². The molecular weight excluding hydrogens is 254 g/mol. The molecule has 2 rings (SSSR count). The number of hydrogen-bond acceptors (Lipinski definition) is 1. The first-order valence-electron chi connectivity index (χ1n) is 8.03. The highest BCUT2D eigenvalue weighted by Crippen LogP contribution is 2.33. The SMILES string of the molecule is CC=Nc1cc(CCC2=CCC(C)(CC)C=C2)ccc1C. The van der Waals surface area contributed by atoms with Crippen LogP contribution in [0, 0.1) is 12.3 Å². The van der Waals surface area contributed by atoms with Crippen LogP contribution in [0.5, 0.6) is 0 Å². The van der Waals surface area contributed by atoms with Gasteiger partial charge in [0.2, 0.25) is 0 Å². The quantitative estimate of drug-likeness (QED) is 0.591. The van der Waals surface area contributed by atoms with Gasteiger partial charge in [0.05, 0.1) is 5.69 Å². The molecule has 1 aromatic rings. The first-order chi connectivity index (χ1) is 10.1. The second kappa shape index (κ2) is 6.89. The molecule has 0 aromatic heterocycles. The monoisotopic (exact) mass is 281 g/mol. The summed E-state index contributed by atoms with van der Waals surface area (Å²) in [5.41, 5.74) is 5.56. The molecule has 0 fully saturated rings. The Bertz CT molecular complexity index is 578. The fraction of sp³-hybridized carbons (Fsp3) is 0.450. The molecule has 1 aromatic carbocycles. The molecule has 1 atom stereocenters. The molecule has 21 heavy (non-hydrogen) atoms. The van der Waals surface area contributed by atoms with E-state index in [1.807, 2.05) is 13.1 Å². The number of nitrogens with zero attached hydrogens (tertiary/aromatic N) is 1. The van der Waals surface area contributed by atoms with Crippen molar-refractivity contribution in [2.75, 3.05) is 0 Å². The third kappa shape index (κ3) is 4.17. The maximum Gasteiger partial charge on any atom is 0.0657 e. The van der Waals surface area contributed by atoms with Crippen LogP contribution < -0.4 is 0 Å². The van der Waals surface area contributed by atoms with Gasteiger partial charge in [-0.1, -0.05) is 49.8 Å². The molecule has 112 valence electrons. The van der Waals surface area contributed by atoms with Gasteiger partial charge in [0.25, 0.3) is 0 Å². The molecule has 1 unspecified atom stereocenters. The first-order valence-corrected chi connectivity index (χ1v) is 8.03. The van der Waals surface area contributed by atoms with Gasteiger partial charge < -0.3 is 0 Å². The molecule has 1 heteroatoms. The molecule has 0 saturated heterocycles. The van der Waals surface area contributed by atoms with E-state index in [1.54, 1.807) is 0 Å². The summed E-state index contributed by atoms with van der Waals surface area (Å²) in [6.45, 7) is 8.69. The summed E-state index contributed by atoms with van der Waals surface area (Å²) in [4.78, 5) is 4.44. The lowest BCUT2D eigenvalue weighted by Gasteiger charge is -2.26. The summed E-state index contributed by atoms with van der Waals surface area (Å²) in [7, 11) is 0. The Hall–Kier alpha value is -1.63. The van der Waals surface area contributed by atoms with Crippen LogP contribution in [0.4, 0.5) is 5.69 Å². The van der Waals surface area contributed by atoms with Crippen LogP contribution in [-0.2, 0) is 6.42 Å². The topological polar surface area (TPSA) is 12.4 Å². The zero-order valence-electron chi connectivity index (χ0n) is 13.8. The third-order valence-corrected chi connectivity index (χ3v) is 4.58. The predicted octanol–water partition coefficient (Wildman–Crippen LogP) is 5.95. The van der Waals surface area contributed by atoms with E-state index < -0.39 is 0 Å². The normalized spacial score (nSPS) is 21.8. The highest BCUT2D eigenvalue weighted by molar-refractivity contribution is 5.62. The molecule has 0 aliphatic heterocycles. The van der Waals surface area contributed by atoms with Crippen molar-refractivity contribution in [1.29, 1.82) is 0 Å². The highest BCUT2D eigenvalue weighted by Gasteiger charge is 2.19. The summed E-state index contributed by atoms with van der Waals surface area (Å²) >= 11 is 0. The summed E-state index contributed by atoms with van der Waals surface area (Å²) in [5.74, 6) is 0. The number of benzene rings is 1. The van der Waals surface area contributed by atoms with Crippen molar-refractivity contribution in [2.24, 2.45) is 10.4 Å². The van der Waals surface area contributed by atoms with Crippen LogP contribution in [0.3, 0.4) is 0 Å². The van der Waals surface area contributed by atoms with Crippen molar-refractivity contribution in [2.45, 2.75) is 53.4 Å².